The van der Waals surface area contributed by atoms with Gasteiger partial charge in [0.2, 0.25) is 5.91 Å². The maximum Gasteiger partial charge on any atom is 0.261 e. The number of carbonyl (C=O) groups excluding carboxylic acids is 1. The largest absolute Gasteiger partial charge is 0.352 e. The van der Waals surface area contributed by atoms with Gasteiger partial charge in [0.25, 0.3) is 5.56 Å². The Morgan fingerprint density at radius 1 is 1.19 bits per heavy atom. The molecule has 5 nitrogen and oxygen atoms in total. The molecule has 1 unspecified atom stereocenters. The van der Waals surface area contributed by atoms with E-state index in [4.69, 9.17) is 0 Å². The Kier molecular flexibility index (Phi) is 6.06. The first-order valence-corrected chi connectivity index (χ1v) is 9.73. The molecule has 0 radical (unpaired) electrons. The van der Waals surface area contributed by atoms with Gasteiger partial charge in [-0.2, -0.15) is 0 Å². The van der Waals surface area contributed by atoms with Gasteiger partial charge in [0.1, 0.15) is 12.4 Å². The van der Waals surface area contributed by atoms with Crippen LogP contribution < -0.4 is 10.9 Å². The van der Waals surface area contributed by atoms with E-state index in [1.165, 1.54) is 10.1 Å². The molecule has 3 aromatic rings. The van der Waals surface area contributed by atoms with Crippen LogP contribution >= 0.6 is 15.9 Å². The lowest BCUT2D eigenvalue weighted by atomic mass is 10.1. The number of nitrogens with one attached hydrogen (secondary N) is 1. The van der Waals surface area contributed by atoms with Crippen molar-refractivity contribution >= 4 is 32.7 Å². The summed E-state index contributed by atoms with van der Waals surface area (Å²) in [5.41, 5.74) is 1.69. The number of hydrogen-bond acceptors (Lipinski definition) is 3. The number of nitrogens with zero attached hydrogens (tertiary/aromatic N) is 2. The summed E-state index contributed by atoms with van der Waals surface area (Å²) in [6.07, 6.45) is 1.71. The zero-order chi connectivity index (χ0) is 19.4. The quantitative estimate of drug-likeness (QED) is 0.653. The van der Waals surface area contributed by atoms with Crippen molar-refractivity contribution in [3.05, 3.63) is 74.7 Å². The monoisotopic (exact) mass is 427 g/mol. The summed E-state index contributed by atoms with van der Waals surface area (Å²) in [6, 6.07) is 15.4. The standard InChI is InChI=1S/C21H22BrN3O2/c1-14(7-8-16-9-11-17(22)12-10-16)23-20(26)13-25-15(2)24-19-6-4-3-5-18(19)21(25)27/h3-6,9-12,14H,7-8,13H2,1-2H3,(H,23,26). The topological polar surface area (TPSA) is 64.0 Å². The number of aromatic nitrogens is 2. The molecule has 0 fully saturated rings. The van der Waals surface area contributed by atoms with Crippen molar-refractivity contribution in [1.82, 2.24) is 14.9 Å². The molecule has 140 valence electrons. The fraction of sp³-hybridized carbons (Fsp3) is 0.286. The summed E-state index contributed by atoms with van der Waals surface area (Å²) in [5.74, 6) is 0.358. The Bertz CT molecular complexity index is 1010. The molecule has 1 aromatic heterocycles. The number of para-hydroxylation sites is 1. The molecule has 0 saturated heterocycles. The van der Waals surface area contributed by atoms with Gasteiger partial charge in [-0.1, -0.05) is 40.2 Å². The molecule has 2 aromatic carbocycles. The van der Waals surface area contributed by atoms with E-state index in [1.807, 2.05) is 25.1 Å². The first-order valence-electron chi connectivity index (χ1n) is 8.94. The number of aryl methyl sites for hydroxylation is 2. The molecule has 1 amide bonds. The van der Waals surface area contributed by atoms with Crippen molar-refractivity contribution in [3.8, 4) is 0 Å². The molecule has 0 spiro atoms. The minimum Gasteiger partial charge on any atom is -0.352 e. The van der Waals surface area contributed by atoms with Gasteiger partial charge in [-0.15, -0.1) is 0 Å². The number of fused-ring (bicyclic) bond motifs is 1. The van der Waals surface area contributed by atoms with Gasteiger partial charge in [-0.05, 0) is 56.5 Å². The number of amides is 1. The van der Waals surface area contributed by atoms with Crippen molar-refractivity contribution in [2.24, 2.45) is 0 Å². The van der Waals surface area contributed by atoms with E-state index in [0.29, 0.717) is 16.7 Å². The van der Waals surface area contributed by atoms with E-state index in [-0.39, 0.29) is 24.1 Å². The van der Waals surface area contributed by atoms with E-state index in [1.54, 1.807) is 25.1 Å². The molecule has 0 aliphatic carbocycles. The zero-order valence-electron chi connectivity index (χ0n) is 15.4. The van der Waals surface area contributed by atoms with Crippen molar-refractivity contribution in [2.75, 3.05) is 0 Å². The molecule has 27 heavy (non-hydrogen) atoms. The second-order valence-corrected chi connectivity index (χ2v) is 7.62. The van der Waals surface area contributed by atoms with Crippen LogP contribution in [0.3, 0.4) is 0 Å². The van der Waals surface area contributed by atoms with Gasteiger partial charge in [-0.3, -0.25) is 14.2 Å². The summed E-state index contributed by atoms with van der Waals surface area (Å²) in [4.78, 5) is 29.5. The van der Waals surface area contributed by atoms with Crippen molar-refractivity contribution in [1.29, 1.82) is 0 Å². The zero-order valence-corrected chi connectivity index (χ0v) is 17.0. The van der Waals surface area contributed by atoms with Crippen LogP contribution in [0.15, 0.2) is 57.8 Å². The highest BCUT2D eigenvalue weighted by molar-refractivity contribution is 9.10. The predicted molar refractivity (Wildman–Crippen MR) is 111 cm³/mol. The van der Waals surface area contributed by atoms with Crippen molar-refractivity contribution in [3.63, 3.8) is 0 Å². The number of carbonyl (C=O) groups is 1. The molecular weight excluding hydrogens is 406 g/mol. The summed E-state index contributed by atoms with van der Waals surface area (Å²) >= 11 is 3.43. The third kappa shape index (κ3) is 4.83. The summed E-state index contributed by atoms with van der Waals surface area (Å²) in [6.45, 7) is 3.70. The predicted octanol–water partition coefficient (Wildman–Crippen LogP) is 3.60. The smallest absolute Gasteiger partial charge is 0.261 e. The molecule has 1 atom stereocenters. The molecule has 0 bridgehead atoms. The highest BCUT2D eigenvalue weighted by Gasteiger charge is 2.13. The van der Waals surface area contributed by atoms with Crippen LogP contribution in [0.5, 0.6) is 0 Å². The first kappa shape index (κ1) is 19.3. The molecule has 0 aliphatic rings. The van der Waals surface area contributed by atoms with E-state index >= 15 is 0 Å². The van der Waals surface area contributed by atoms with Gasteiger partial charge in [0.15, 0.2) is 0 Å². The molecular formula is C21H22BrN3O2. The van der Waals surface area contributed by atoms with Crippen LogP contribution in [0.2, 0.25) is 0 Å². The molecule has 3 rings (SSSR count). The summed E-state index contributed by atoms with van der Waals surface area (Å²) < 4.78 is 2.48. The summed E-state index contributed by atoms with van der Waals surface area (Å²) in [5, 5.41) is 3.50. The highest BCUT2D eigenvalue weighted by atomic mass is 79.9. The fourth-order valence-electron chi connectivity index (χ4n) is 3.04. The van der Waals surface area contributed by atoms with E-state index in [0.717, 1.165) is 17.3 Å². The third-order valence-electron chi connectivity index (χ3n) is 4.54. The average Bonchev–Trinajstić information content (AvgIpc) is 2.64. The molecule has 1 heterocycles. The first-order chi connectivity index (χ1) is 12.9. The Morgan fingerprint density at radius 3 is 2.63 bits per heavy atom. The Morgan fingerprint density at radius 2 is 1.89 bits per heavy atom. The van der Waals surface area contributed by atoms with Crippen LogP contribution in [0, 0.1) is 6.92 Å². The van der Waals surface area contributed by atoms with Crippen molar-refractivity contribution < 1.29 is 4.79 Å². The van der Waals surface area contributed by atoms with Crippen LogP contribution in [-0.4, -0.2) is 21.5 Å². The average molecular weight is 428 g/mol. The lowest BCUT2D eigenvalue weighted by Crippen LogP contribution is -2.38. The van der Waals surface area contributed by atoms with E-state index in [2.05, 4.69) is 38.4 Å². The maximum atomic E-state index is 12.6. The van der Waals surface area contributed by atoms with Crippen molar-refractivity contribution in [2.45, 2.75) is 39.3 Å². The lowest BCUT2D eigenvalue weighted by molar-refractivity contribution is -0.122. The minimum absolute atomic E-state index is 0.0190. The van der Waals surface area contributed by atoms with Gasteiger partial charge in [-0.25, -0.2) is 4.98 Å². The van der Waals surface area contributed by atoms with E-state index in [9.17, 15) is 9.59 Å². The van der Waals surface area contributed by atoms with Crippen LogP contribution in [0.1, 0.15) is 24.7 Å². The maximum absolute atomic E-state index is 12.6. The highest BCUT2D eigenvalue weighted by Crippen LogP contribution is 2.12. The van der Waals surface area contributed by atoms with Crippen LogP contribution in [0.25, 0.3) is 10.9 Å². The van der Waals surface area contributed by atoms with Gasteiger partial charge < -0.3 is 5.32 Å². The Balaban J connectivity index is 1.62. The second-order valence-electron chi connectivity index (χ2n) is 6.70. The normalized spacial score (nSPS) is 12.1. The number of halogens is 1. The van der Waals surface area contributed by atoms with Gasteiger partial charge in [0, 0.05) is 10.5 Å². The lowest BCUT2D eigenvalue weighted by Gasteiger charge is -2.16. The molecule has 6 heteroatoms. The fourth-order valence-corrected chi connectivity index (χ4v) is 3.30. The molecule has 0 aliphatic heterocycles. The number of hydrogen-bond donors (Lipinski definition) is 1. The summed E-state index contributed by atoms with van der Waals surface area (Å²) in [7, 11) is 0. The Hall–Kier alpha value is -2.47. The number of rotatable bonds is 6. The van der Waals surface area contributed by atoms with Gasteiger partial charge in [0.05, 0.1) is 10.9 Å². The minimum atomic E-state index is -0.184. The van der Waals surface area contributed by atoms with E-state index < -0.39 is 0 Å². The molecule has 0 saturated carbocycles. The van der Waals surface area contributed by atoms with Crippen LogP contribution in [0.4, 0.5) is 0 Å². The third-order valence-corrected chi connectivity index (χ3v) is 5.07. The Labute approximate surface area is 166 Å². The molecule has 1 N–H and O–H groups in total. The SMILES string of the molecule is Cc1nc2ccccc2c(=O)n1CC(=O)NC(C)CCc1ccc(Br)cc1. The van der Waals surface area contributed by atoms with Gasteiger partial charge >= 0.3 is 0 Å². The second kappa shape index (κ2) is 8.48. The van der Waals surface area contributed by atoms with Crippen LogP contribution in [-0.2, 0) is 17.8 Å². The number of benzene rings is 2.